The minimum atomic E-state index is -0.957. The number of carboxylic acid groups (broad SMARTS) is 1. The third-order valence-corrected chi connectivity index (χ3v) is 4.75. The van der Waals surface area contributed by atoms with Crippen LogP contribution in [-0.4, -0.2) is 53.3 Å². The van der Waals surface area contributed by atoms with E-state index in [-0.39, 0.29) is 17.8 Å². The first-order chi connectivity index (χ1) is 11.4. The number of nitro benzene ring substituents is 1. The Balaban J connectivity index is 2.40. The fraction of sp³-hybridized carbons (Fsp3) is 0.467. The number of amides is 1. The second kappa shape index (κ2) is 7.52. The maximum Gasteiger partial charge on any atom is 0.308 e. The highest BCUT2D eigenvalue weighted by Crippen LogP contribution is 2.35. The van der Waals surface area contributed by atoms with Crippen LogP contribution in [0.5, 0.6) is 5.75 Å². The van der Waals surface area contributed by atoms with E-state index in [1.54, 1.807) is 6.26 Å². The molecule has 2 rings (SSSR count). The molecule has 1 aromatic carbocycles. The van der Waals surface area contributed by atoms with Gasteiger partial charge in [0.05, 0.1) is 28.9 Å². The number of aliphatic carboxylic acids is 1. The van der Waals surface area contributed by atoms with Gasteiger partial charge in [-0.25, -0.2) is 0 Å². The van der Waals surface area contributed by atoms with Crippen LogP contribution in [-0.2, 0) is 4.79 Å². The summed E-state index contributed by atoms with van der Waals surface area (Å²) in [5.41, 5.74) is -0.386. The minimum Gasteiger partial charge on any atom is -0.495 e. The zero-order valence-electron chi connectivity index (χ0n) is 13.4. The van der Waals surface area contributed by atoms with E-state index in [9.17, 15) is 19.7 Å². The van der Waals surface area contributed by atoms with Gasteiger partial charge in [-0.1, -0.05) is 0 Å². The third-order valence-electron chi connectivity index (χ3n) is 3.99. The number of rotatable bonds is 5. The molecule has 9 heteroatoms. The van der Waals surface area contributed by atoms with E-state index in [1.165, 1.54) is 35.9 Å². The number of hydrogen-bond donors (Lipinski definition) is 1. The summed E-state index contributed by atoms with van der Waals surface area (Å²) in [5, 5.41) is 20.5. The van der Waals surface area contributed by atoms with E-state index >= 15 is 0 Å². The first-order valence-corrected chi connectivity index (χ1v) is 8.54. The van der Waals surface area contributed by atoms with Crippen molar-refractivity contribution in [3.05, 3.63) is 27.8 Å². The van der Waals surface area contributed by atoms with Gasteiger partial charge in [0.15, 0.2) is 0 Å². The molecule has 1 fully saturated rings. The number of nitrogens with zero attached hydrogens (tertiary/aromatic N) is 2. The van der Waals surface area contributed by atoms with Gasteiger partial charge in [0.1, 0.15) is 11.3 Å². The van der Waals surface area contributed by atoms with Gasteiger partial charge < -0.3 is 14.7 Å². The Morgan fingerprint density at radius 1 is 1.46 bits per heavy atom. The fourth-order valence-electron chi connectivity index (χ4n) is 2.72. The van der Waals surface area contributed by atoms with Gasteiger partial charge in [-0.15, -0.1) is 11.8 Å². The number of hydrogen-bond acceptors (Lipinski definition) is 6. The highest BCUT2D eigenvalue weighted by molar-refractivity contribution is 7.98. The summed E-state index contributed by atoms with van der Waals surface area (Å²) in [5.74, 6) is -1.79. The van der Waals surface area contributed by atoms with Crippen molar-refractivity contribution >= 4 is 29.3 Å². The maximum atomic E-state index is 12.7. The Morgan fingerprint density at radius 3 is 2.71 bits per heavy atom. The molecule has 0 spiro atoms. The van der Waals surface area contributed by atoms with E-state index < -0.39 is 22.7 Å². The van der Waals surface area contributed by atoms with Gasteiger partial charge >= 0.3 is 5.97 Å². The molecule has 1 amide bonds. The zero-order valence-corrected chi connectivity index (χ0v) is 14.2. The Morgan fingerprint density at radius 2 is 2.17 bits per heavy atom. The summed E-state index contributed by atoms with van der Waals surface area (Å²) in [6, 6.07) is 2.67. The van der Waals surface area contributed by atoms with Crippen molar-refractivity contribution < 1.29 is 24.4 Å². The second-order valence-corrected chi connectivity index (χ2v) is 6.26. The molecule has 130 valence electrons. The van der Waals surface area contributed by atoms with Gasteiger partial charge in [0, 0.05) is 13.1 Å². The normalized spacial score (nSPS) is 17.4. The lowest BCUT2D eigenvalue weighted by molar-refractivity contribution is -0.385. The van der Waals surface area contributed by atoms with E-state index in [1.807, 2.05) is 0 Å². The second-order valence-electron chi connectivity index (χ2n) is 5.41. The molecule has 0 aromatic heterocycles. The van der Waals surface area contributed by atoms with Crippen LogP contribution < -0.4 is 4.74 Å². The van der Waals surface area contributed by atoms with Crippen molar-refractivity contribution in [3.63, 3.8) is 0 Å². The molecule has 1 saturated heterocycles. The number of nitro groups is 1. The van der Waals surface area contributed by atoms with Crippen LogP contribution in [0.15, 0.2) is 17.0 Å². The number of carbonyl (C=O) groups excluding carboxylic acids is 1. The van der Waals surface area contributed by atoms with Gasteiger partial charge in [-0.2, -0.15) is 0 Å². The lowest BCUT2D eigenvalue weighted by Gasteiger charge is -2.30. The average molecular weight is 354 g/mol. The number of carboxylic acids is 1. The molecule has 0 aliphatic carbocycles. The lowest BCUT2D eigenvalue weighted by Crippen LogP contribution is -2.42. The van der Waals surface area contributed by atoms with Crippen molar-refractivity contribution in [3.8, 4) is 5.75 Å². The smallest absolute Gasteiger partial charge is 0.308 e. The number of likely N-dealkylation sites (tertiary alicyclic amines) is 1. The van der Waals surface area contributed by atoms with Gasteiger partial charge in [-0.05, 0) is 25.2 Å². The maximum absolute atomic E-state index is 12.7. The van der Waals surface area contributed by atoms with Crippen LogP contribution in [0.3, 0.4) is 0 Å². The van der Waals surface area contributed by atoms with Crippen LogP contribution >= 0.6 is 11.8 Å². The van der Waals surface area contributed by atoms with Gasteiger partial charge in [0.25, 0.3) is 11.6 Å². The monoisotopic (exact) mass is 354 g/mol. The van der Waals surface area contributed by atoms with Crippen molar-refractivity contribution in [2.45, 2.75) is 17.7 Å². The predicted molar refractivity (Wildman–Crippen MR) is 87.7 cm³/mol. The number of methoxy groups -OCH3 is 1. The highest BCUT2D eigenvalue weighted by Gasteiger charge is 2.32. The molecule has 1 atom stereocenters. The Labute approximate surface area is 142 Å². The molecule has 1 aliphatic rings. The van der Waals surface area contributed by atoms with Crippen LogP contribution in [0.4, 0.5) is 5.69 Å². The molecular formula is C15H18N2O6S. The first-order valence-electron chi connectivity index (χ1n) is 7.31. The van der Waals surface area contributed by atoms with Crippen LogP contribution in [0.25, 0.3) is 0 Å². The number of carbonyl (C=O) groups is 2. The first kappa shape index (κ1) is 18.1. The Kier molecular flexibility index (Phi) is 5.66. The number of ether oxygens (including phenoxy) is 1. The van der Waals surface area contributed by atoms with Crippen molar-refractivity contribution in [1.29, 1.82) is 0 Å². The quantitative estimate of drug-likeness (QED) is 0.490. The van der Waals surface area contributed by atoms with Gasteiger partial charge in [-0.3, -0.25) is 19.7 Å². The predicted octanol–water partition coefficient (Wildman–Crippen LogP) is 2.26. The van der Waals surface area contributed by atoms with E-state index in [0.29, 0.717) is 30.0 Å². The molecular weight excluding hydrogens is 336 g/mol. The van der Waals surface area contributed by atoms with Gasteiger partial charge in [0.2, 0.25) is 0 Å². The Bertz CT molecular complexity index is 678. The Hall–Kier alpha value is -2.29. The summed E-state index contributed by atoms with van der Waals surface area (Å²) >= 11 is 1.31. The van der Waals surface area contributed by atoms with E-state index in [4.69, 9.17) is 9.84 Å². The summed E-state index contributed by atoms with van der Waals surface area (Å²) in [4.78, 5) is 36.6. The molecule has 24 heavy (non-hydrogen) atoms. The van der Waals surface area contributed by atoms with Crippen LogP contribution in [0.1, 0.15) is 23.2 Å². The topological polar surface area (TPSA) is 110 Å². The lowest BCUT2D eigenvalue weighted by atomic mass is 9.97. The highest BCUT2D eigenvalue weighted by atomic mass is 32.2. The fourth-order valence-corrected chi connectivity index (χ4v) is 3.30. The molecule has 1 N–H and O–H groups in total. The molecule has 1 unspecified atom stereocenters. The zero-order chi connectivity index (χ0) is 17.9. The summed E-state index contributed by atoms with van der Waals surface area (Å²) in [6.07, 6.45) is 2.83. The molecule has 0 bridgehead atoms. The van der Waals surface area contributed by atoms with Crippen molar-refractivity contribution in [2.24, 2.45) is 5.92 Å². The summed E-state index contributed by atoms with van der Waals surface area (Å²) in [7, 11) is 1.41. The molecule has 0 radical (unpaired) electrons. The molecule has 1 aliphatic heterocycles. The van der Waals surface area contributed by atoms with Crippen molar-refractivity contribution in [1.82, 2.24) is 4.90 Å². The SMILES string of the molecule is COc1cc([N+](=O)[O-])c(C(=O)N2CCCC(C(=O)O)C2)cc1SC. The minimum absolute atomic E-state index is 0.0452. The number of benzene rings is 1. The van der Waals surface area contributed by atoms with E-state index in [2.05, 4.69) is 0 Å². The standard InChI is InChI=1S/C15H18N2O6S/c1-23-12-7-11(17(21)22)10(6-13(12)24-2)14(18)16-5-3-4-9(8-16)15(19)20/h6-7,9H,3-5,8H2,1-2H3,(H,19,20). The third kappa shape index (κ3) is 3.61. The largest absolute Gasteiger partial charge is 0.495 e. The average Bonchev–Trinajstić information content (AvgIpc) is 2.59. The van der Waals surface area contributed by atoms with Crippen LogP contribution in [0.2, 0.25) is 0 Å². The summed E-state index contributed by atoms with van der Waals surface area (Å²) in [6.45, 7) is 0.451. The number of piperidine rings is 1. The van der Waals surface area contributed by atoms with E-state index in [0.717, 1.165) is 0 Å². The molecule has 1 aromatic rings. The molecule has 1 heterocycles. The van der Waals surface area contributed by atoms with Crippen molar-refractivity contribution in [2.75, 3.05) is 26.5 Å². The number of thioether (sulfide) groups is 1. The van der Waals surface area contributed by atoms with Crippen LogP contribution in [0, 0.1) is 16.0 Å². The molecule has 0 saturated carbocycles. The summed E-state index contributed by atoms with van der Waals surface area (Å²) < 4.78 is 5.13. The molecule has 8 nitrogen and oxygen atoms in total.